The lowest BCUT2D eigenvalue weighted by molar-refractivity contribution is 0.0391. The summed E-state index contributed by atoms with van der Waals surface area (Å²) >= 11 is 0. The fourth-order valence-corrected chi connectivity index (χ4v) is 2.55. The van der Waals surface area contributed by atoms with Gasteiger partial charge in [-0.15, -0.1) is 0 Å². The van der Waals surface area contributed by atoms with E-state index in [1.54, 1.807) is 0 Å². The quantitative estimate of drug-likeness (QED) is 0.723. The van der Waals surface area contributed by atoms with Crippen molar-refractivity contribution in [1.82, 2.24) is 10.2 Å². The molecule has 2 saturated heterocycles. The smallest absolute Gasteiger partial charge is 0.0480 e. The van der Waals surface area contributed by atoms with E-state index in [4.69, 9.17) is 4.74 Å². The molecule has 3 nitrogen and oxygen atoms in total. The summed E-state index contributed by atoms with van der Waals surface area (Å²) in [6, 6.07) is 0.768. The summed E-state index contributed by atoms with van der Waals surface area (Å²) < 4.78 is 5.38. The summed E-state index contributed by atoms with van der Waals surface area (Å²) in [5, 5.41) is 3.43. The van der Waals surface area contributed by atoms with Crippen molar-refractivity contribution in [2.45, 2.75) is 25.3 Å². The molecule has 0 radical (unpaired) electrons. The maximum absolute atomic E-state index is 5.38. The van der Waals surface area contributed by atoms with Crippen molar-refractivity contribution in [3.8, 4) is 0 Å². The minimum absolute atomic E-state index is 0.768. The molecule has 0 aliphatic carbocycles. The Kier molecular flexibility index (Phi) is 3.79. The Morgan fingerprint density at radius 1 is 1.29 bits per heavy atom. The summed E-state index contributed by atoms with van der Waals surface area (Å²) in [4.78, 5) is 2.54. The molecule has 14 heavy (non-hydrogen) atoms. The third kappa shape index (κ3) is 2.69. The van der Waals surface area contributed by atoms with Crippen LogP contribution < -0.4 is 5.32 Å². The lowest BCUT2D eigenvalue weighted by atomic mass is 10.0. The highest BCUT2D eigenvalue weighted by Gasteiger charge is 2.22. The molecule has 0 bridgehead atoms. The van der Waals surface area contributed by atoms with Crippen LogP contribution in [-0.2, 0) is 4.74 Å². The molecule has 2 heterocycles. The zero-order valence-corrected chi connectivity index (χ0v) is 9.17. The van der Waals surface area contributed by atoms with Crippen LogP contribution in [0, 0.1) is 5.92 Å². The van der Waals surface area contributed by atoms with E-state index < -0.39 is 0 Å². The molecule has 1 N–H and O–H groups in total. The van der Waals surface area contributed by atoms with Crippen LogP contribution in [0.4, 0.5) is 0 Å². The van der Waals surface area contributed by atoms with Gasteiger partial charge >= 0.3 is 0 Å². The van der Waals surface area contributed by atoms with Crippen LogP contribution >= 0.6 is 0 Å². The maximum atomic E-state index is 5.38. The second kappa shape index (κ2) is 5.10. The zero-order valence-electron chi connectivity index (χ0n) is 9.17. The molecule has 0 aromatic carbocycles. The largest absolute Gasteiger partial charge is 0.381 e. The Labute approximate surface area is 86.8 Å². The third-order valence-corrected chi connectivity index (χ3v) is 3.52. The Hall–Kier alpha value is -0.120. The molecule has 0 spiro atoms. The van der Waals surface area contributed by atoms with Crippen molar-refractivity contribution in [3.05, 3.63) is 0 Å². The van der Waals surface area contributed by atoms with Gasteiger partial charge < -0.3 is 15.0 Å². The molecule has 0 amide bonds. The van der Waals surface area contributed by atoms with Crippen molar-refractivity contribution < 1.29 is 4.74 Å². The fourth-order valence-electron chi connectivity index (χ4n) is 2.55. The number of hydrogen-bond donors (Lipinski definition) is 1. The van der Waals surface area contributed by atoms with Crippen LogP contribution in [0.15, 0.2) is 0 Å². The summed E-state index contributed by atoms with van der Waals surface area (Å²) in [5.41, 5.74) is 0. The van der Waals surface area contributed by atoms with Gasteiger partial charge in [0.1, 0.15) is 0 Å². The number of nitrogens with one attached hydrogen (secondary N) is 1. The van der Waals surface area contributed by atoms with Crippen LogP contribution in [0.1, 0.15) is 19.3 Å². The summed E-state index contributed by atoms with van der Waals surface area (Å²) in [6.45, 7) is 5.60. The Balaban J connectivity index is 1.72. The highest BCUT2D eigenvalue weighted by atomic mass is 16.5. The lowest BCUT2D eigenvalue weighted by Gasteiger charge is -2.32. The predicted octanol–water partition coefficient (Wildman–Crippen LogP) is 0.707. The first kappa shape index (κ1) is 10.4. The van der Waals surface area contributed by atoms with Crippen LogP contribution in [0.5, 0.6) is 0 Å². The van der Waals surface area contributed by atoms with Crippen molar-refractivity contribution in [2.75, 3.05) is 39.9 Å². The van der Waals surface area contributed by atoms with Gasteiger partial charge in [0.05, 0.1) is 0 Å². The Morgan fingerprint density at radius 2 is 2.07 bits per heavy atom. The standard InChI is InChI=1S/C11H22N2O/c1-13(9-10-2-5-12-8-10)11-3-6-14-7-4-11/h10-12H,2-9H2,1H3. The zero-order chi connectivity index (χ0) is 9.80. The van der Waals surface area contributed by atoms with Crippen molar-refractivity contribution in [1.29, 1.82) is 0 Å². The van der Waals surface area contributed by atoms with Gasteiger partial charge in [-0.25, -0.2) is 0 Å². The normalized spacial score (nSPS) is 30.0. The van der Waals surface area contributed by atoms with E-state index in [2.05, 4.69) is 17.3 Å². The van der Waals surface area contributed by atoms with Gasteiger partial charge in [0, 0.05) is 25.8 Å². The van der Waals surface area contributed by atoms with Crippen molar-refractivity contribution in [3.63, 3.8) is 0 Å². The minimum Gasteiger partial charge on any atom is -0.381 e. The van der Waals surface area contributed by atoms with E-state index in [9.17, 15) is 0 Å². The highest BCUT2D eigenvalue weighted by molar-refractivity contribution is 4.78. The van der Waals surface area contributed by atoms with Gasteiger partial charge in [0.2, 0.25) is 0 Å². The van der Waals surface area contributed by atoms with Gasteiger partial charge in [-0.05, 0) is 45.3 Å². The SMILES string of the molecule is CN(CC1CCNC1)C1CCOCC1. The predicted molar refractivity (Wildman–Crippen MR) is 57.4 cm³/mol. The number of rotatable bonds is 3. The van der Waals surface area contributed by atoms with Crippen molar-refractivity contribution in [2.24, 2.45) is 5.92 Å². The van der Waals surface area contributed by atoms with E-state index in [0.29, 0.717) is 0 Å². The first-order valence-corrected chi connectivity index (χ1v) is 5.85. The van der Waals surface area contributed by atoms with Crippen LogP contribution in [0.2, 0.25) is 0 Å². The molecule has 1 atom stereocenters. The second-order valence-electron chi connectivity index (χ2n) is 4.64. The maximum Gasteiger partial charge on any atom is 0.0480 e. The molecular formula is C11H22N2O. The molecule has 82 valence electrons. The second-order valence-corrected chi connectivity index (χ2v) is 4.64. The van der Waals surface area contributed by atoms with Crippen LogP contribution in [-0.4, -0.2) is 50.8 Å². The fraction of sp³-hybridized carbons (Fsp3) is 1.00. The van der Waals surface area contributed by atoms with Gasteiger partial charge in [-0.3, -0.25) is 0 Å². The average Bonchev–Trinajstić information content (AvgIpc) is 2.72. The minimum atomic E-state index is 0.768. The highest BCUT2D eigenvalue weighted by Crippen LogP contribution is 2.16. The van der Waals surface area contributed by atoms with E-state index in [0.717, 1.165) is 25.2 Å². The first-order chi connectivity index (χ1) is 6.86. The molecule has 1 unspecified atom stereocenters. The number of nitrogens with zero attached hydrogens (tertiary/aromatic N) is 1. The first-order valence-electron chi connectivity index (χ1n) is 5.85. The van der Waals surface area contributed by atoms with Gasteiger partial charge in [-0.2, -0.15) is 0 Å². The molecule has 2 rings (SSSR count). The van der Waals surface area contributed by atoms with Gasteiger partial charge in [0.15, 0.2) is 0 Å². The van der Waals surface area contributed by atoms with E-state index in [1.165, 1.54) is 38.9 Å². The molecular weight excluding hydrogens is 176 g/mol. The monoisotopic (exact) mass is 198 g/mol. The lowest BCUT2D eigenvalue weighted by Crippen LogP contribution is -2.39. The molecule has 2 fully saturated rings. The van der Waals surface area contributed by atoms with E-state index in [-0.39, 0.29) is 0 Å². The van der Waals surface area contributed by atoms with Gasteiger partial charge in [-0.1, -0.05) is 0 Å². The van der Waals surface area contributed by atoms with E-state index in [1.807, 2.05) is 0 Å². The molecule has 2 aliphatic rings. The summed E-state index contributed by atoms with van der Waals surface area (Å²) in [7, 11) is 2.27. The van der Waals surface area contributed by atoms with Crippen molar-refractivity contribution >= 4 is 0 Å². The number of ether oxygens (including phenoxy) is 1. The molecule has 2 aliphatic heterocycles. The molecule has 0 aromatic rings. The third-order valence-electron chi connectivity index (χ3n) is 3.52. The molecule has 0 saturated carbocycles. The Bertz CT molecular complexity index is 163. The van der Waals surface area contributed by atoms with Crippen LogP contribution in [0.25, 0.3) is 0 Å². The topological polar surface area (TPSA) is 24.5 Å². The molecule has 3 heteroatoms. The molecule has 0 aromatic heterocycles. The summed E-state index contributed by atoms with van der Waals surface area (Å²) in [5.74, 6) is 0.878. The van der Waals surface area contributed by atoms with Gasteiger partial charge in [0.25, 0.3) is 0 Å². The number of hydrogen-bond acceptors (Lipinski definition) is 3. The van der Waals surface area contributed by atoms with Crippen LogP contribution in [0.3, 0.4) is 0 Å². The summed E-state index contributed by atoms with van der Waals surface area (Å²) in [6.07, 6.45) is 3.79. The van der Waals surface area contributed by atoms with E-state index >= 15 is 0 Å². The Morgan fingerprint density at radius 3 is 2.71 bits per heavy atom. The average molecular weight is 198 g/mol.